The monoisotopic (exact) mass is 325 g/mol. The standard InChI is InChI=1S/C15H14F3N3O2/c1-7-3-20-4-8(2-11(13(20)19-7)15(16,17)18)14(23)21-5-9-10(6-21)12(9)22/h2-4,9-10,12,22H,5-6H2,1H3/t9-,10+,12?. The molecule has 1 N–H and O–H groups in total. The molecule has 0 bridgehead atoms. The fraction of sp³-hybridized carbons (Fsp3) is 0.467. The van der Waals surface area contributed by atoms with E-state index in [1.54, 1.807) is 6.92 Å². The molecule has 1 saturated carbocycles. The highest BCUT2D eigenvalue weighted by Gasteiger charge is 2.56. The number of amides is 1. The van der Waals surface area contributed by atoms with Crippen LogP contribution >= 0.6 is 0 Å². The zero-order chi connectivity index (χ0) is 16.5. The molecule has 8 heteroatoms. The van der Waals surface area contributed by atoms with Gasteiger partial charge in [0, 0.05) is 37.3 Å². The van der Waals surface area contributed by atoms with Crippen molar-refractivity contribution >= 4 is 11.6 Å². The smallest absolute Gasteiger partial charge is 0.392 e. The molecule has 3 atom stereocenters. The van der Waals surface area contributed by atoms with E-state index in [2.05, 4.69) is 4.98 Å². The fourth-order valence-electron chi connectivity index (χ4n) is 3.39. The number of aromatic nitrogens is 2. The van der Waals surface area contributed by atoms with Gasteiger partial charge in [-0.2, -0.15) is 13.2 Å². The number of carbonyl (C=O) groups is 1. The first-order chi connectivity index (χ1) is 10.8. The number of aliphatic hydroxyl groups excluding tert-OH is 1. The third-order valence-electron chi connectivity index (χ3n) is 4.66. The summed E-state index contributed by atoms with van der Waals surface area (Å²) >= 11 is 0. The predicted molar refractivity (Wildman–Crippen MR) is 73.8 cm³/mol. The van der Waals surface area contributed by atoms with Gasteiger partial charge in [-0.05, 0) is 13.0 Å². The van der Waals surface area contributed by atoms with Crippen molar-refractivity contribution in [1.82, 2.24) is 14.3 Å². The number of hydrogen-bond acceptors (Lipinski definition) is 3. The number of piperidine rings is 1. The van der Waals surface area contributed by atoms with Crippen molar-refractivity contribution in [2.24, 2.45) is 11.8 Å². The molecule has 0 radical (unpaired) electrons. The van der Waals surface area contributed by atoms with Gasteiger partial charge in [0.25, 0.3) is 5.91 Å². The van der Waals surface area contributed by atoms with Gasteiger partial charge in [-0.1, -0.05) is 0 Å². The molecule has 2 aromatic rings. The lowest BCUT2D eigenvalue weighted by Crippen LogP contribution is -2.32. The van der Waals surface area contributed by atoms with Crippen LogP contribution in [-0.2, 0) is 6.18 Å². The Morgan fingerprint density at radius 1 is 1.30 bits per heavy atom. The van der Waals surface area contributed by atoms with Crippen molar-refractivity contribution in [3.8, 4) is 0 Å². The molecular weight excluding hydrogens is 311 g/mol. The Kier molecular flexibility index (Phi) is 2.82. The van der Waals surface area contributed by atoms with Crippen LogP contribution in [0.5, 0.6) is 0 Å². The highest BCUT2D eigenvalue weighted by molar-refractivity contribution is 5.95. The summed E-state index contributed by atoms with van der Waals surface area (Å²) in [6.07, 6.45) is -2.11. The lowest BCUT2D eigenvalue weighted by molar-refractivity contribution is -0.136. The number of aryl methyl sites for hydroxylation is 1. The van der Waals surface area contributed by atoms with Gasteiger partial charge in [-0.3, -0.25) is 4.79 Å². The van der Waals surface area contributed by atoms with E-state index in [0.717, 1.165) is 6.07 Å². The van der Waals surface area contributed by atoms with Crippen LogP contribution in [0, 0.1) is 18.8 Å². The van der Waals surface area contributed by atoms with Gasteiger partial charge >= 0.3 is 6.18 Å². The minimum atomic E-state index is -4.58. The van der Waals surface area contributed by atoms with Gasteiger partial charge in [-0.15, -0.1) is 0 Å². The van der Waals surface area contributed by atoms with Gasteiger partial charge < -0.3 is 14.4 Å². The number of fused-ring (bicyclic) bond motifs is 2. The van der Waals surface area contributed by atoms with Crippen molar-refractivity contribution in [1.29, 1.82) is 0 Å². The minimum Gasteiger partial charge on any atom is -0.392 e. The van der Waals surface area contributed by atoms with Crippen LogP contribution in [0.1, 0.15) is 21.6 Å². The summed E-state index contributed by atoms with van der Waals surface area (Å²) in [6, 6.07) is 0.866. The van der Waals surface area contributed by atoms with Gasteiger partial charge in [0.2, 0.25) is 0 Å². The van der Waals surface area contributed by atoms with E-state index >= 15 is 0 Å². The van der Waals surface area contributed by atoms with Gasteiger partial charge in [0.1, 0.15) is 5.65 Å². The average Bonchev–Trinajstić information content (AvgIpc) is 2.84. The second kappa shape index (κ2) is 4.47. The fourth-order valence-corrected chi connectivity index (χ4v) is 3.39. The van der Waals surface area contributed by atoms with E-state index < -0.39 is 17.6 Å². The largest absolute Gasteiger partial charge is 0.420 e. The molecular formula is C15H14F3N3O2. The normalized spacial score (nSPS) is 26.7. The second-order valence-corrected chi connectivity index (χ2v) is 6.28. The van der Waals surface area contributed by atoms with E-state index in [1.807, 2.05) is 0 Å². The minimum absolute atomic E-state index is 0.0157. The van der Waals surface area contributed by atoms with Gasteiger partial charge in [-0.25, -0.2) is 4.98 Å². The Morgan fingerprint density at radius 3 is 2.57 bits per heavy atom. The number of carbonyl (C=O) groups excluding carboxylic acids is 1. The number of imidazole rings is 1. The first-order valence-corrected chi connectivity index (χ1v) is 7.29. The number of alkyl halides is 3. The summed E-state index contributed by atoms with van der Waals surface area (Å²) in [5, 5.41) is 9.51. The van der Waals surface area contributed by atoms with Crippen LogP contribution in [0.4, 0.5) is 13.2 Å². The Labute approximate surface area is 129 Å². The summed E-state index contributed by atoms with van der Waals surface area (Å²) in [5.41, 5.74) is -0.685. The molecule has 1 aliphatic heterocycles. The zero-order valence-electron chi connectivity index (χ0n) is 12.2. The van der Waals surface area contributed by atoms with Crippen molar-refractivity contribution in [2.75, 3.05) is 13.1 Å². The molecule has 4 rings (SSSR count). The number of rotatable bonds is 1. The van der Waals surface area contributed by atoms with Crippen LogP contribution in [0.3, 0.4) is 0 Å². The molecule has 3 heterocycles. The van der Waals surface area contributed by atoms with Crippen molar-refractivity contribution in [3.05, 3.63) is 35.3 Å². The summed E-state index contributed by atoms with van der Waals surface area (Å²) in [4.78, 5) is 17.9. The van der Waals surface area contributed by atoms with Gasteiger partial charge in [0.05, 0.1) is 22.9 Å². The molecule has 1 amide bonds. The Bertz CT molecular complexity index is 802. The van der Waals surface area contributed by atoms with Crippen LogP contribution in [0.25, 0.3) is 5.65 Å². The molecule has 2 aromatic heterocycles. The summed E-state index contributed by atoms with van der Waals surface area (Å²) in [7, 11) is 0. The quantitative estimate of drug-likeness (QED) is 0.869. The van der Waals surface area contributed by atoms with Crippen LogP contribution in [0.2, 0.25) is 0 Å². The molecule has 1 aliphatic carbocycles. The van der Waals surface area contributed by atoms with Crippen LogP contribution in [-0.4, -0.2) is 44.5 Å². The van der Waals surface area contributed by atoms with E-state index in [1.165, 1.54) is 21.7 Å². The molecule has 1 unspecified atom stereocenters. The molecule has 5 nitrogen and oxygen atoms in total. The Hall–Kier alpha value is -2.09. The summed E-state index contributed by atoms with van der Waals surface area (Å²) < 4.78 is 41.0. The van der Waals surface area contributed by atoms with Crippen molar-refractivity contribution in [2.45, 2.75) is 19.2 Å². The first kappa shape index (κ1) is 14.5. The van der Waals surface area contributed by atoms with E-state index in [0.29, 0.717) is 18.8 Å². The topological polar surface area (TPSA) is 57.8 Å². The predicted octanol–water partition coefficient (Wildman–Crippen LogP) is 1.72. The third kappa shape index (κ3) is 2.20. The summed E-state index contributed by atoms with van der Waals surface area (Å²) in [6.45, 7) is 2.39. The Morgan fingerprint density at radius 2 is 1.96 bits per heavy atom. The van der Waals surface area contributed by atoms with Crippen molar-refractivity contribution < 1.29 is 23.1 Å². The maximum absolute atomic E-state index is 13.3. The maximum atomic E-state index is 13.3. The van der Waals surface area contributed by atoms with Crippen molar-refractivity contribution in [3.63, 3.8) is 0 Å². The number of hydrogen-bond donors (Lipinski definition) is 1. The second-order valence-electron chi connectivity index (χ2n) is 6.28. The van der Waals surface area contributed by atoms with E-state index in [9.17, 15) is 23.1 Å². The van der Waals surface area contributed by atoms with E-state index in [4.69, 9.17) is 0 Å². The molecule has 2 fully saturated rings. The highest BCUT2D eigenvalue weighted by atomic mass is 19.4. The van der Waals surface area contributed by atoms with E-state index in [-0.39, 0.29) is 29.2 Å². The number of pyridine rings is 1. The molecule has 0 aromatic carbocycles. The van der Waals surface area contributed by atoms with Crippen LogP contribution < -0.4 is 0 Å². The zero-order valence-corrected chi connectivity index (χ0v) is 12.2. The average molecular weight is 325 g/mol. The number of halogens is 3. The lowest BCUT2D eigenvalue weighted by atomic mass is 10.1. The number of likely N-dealkylation sites (tertiary alicyclic amines) is 1. The lowest BCUT2D eigenvalue weighted by Gasteiger charge is -2.20. The molecule has 122 valence electrons. The molecule has 0 spiro atoms. The SMILES string of the molecule is Cc1cn2cc(C(=O)N3C[C@@H]4C(O)[C@@H]4C3)cc(C(F)(F)F)c2n1. The first-order valence-electron chi connectivity index (χ1n) is 7.29. The van der Waals surface area contributed by atoms with Gasteiger partial charge in [0.15, 0.2) is 0 Å². The molecule has 23 heavy (non-hydrogen) atoms. The molecule has 2 aliphatic rings. The summed E-state index contributed by atoms with van der Waals surface area (Å²) in [5.74, 6) is -0.302. The Balaban J connectivity index is 1.74. The number of nitrogens with zero attached hydrogens (tertiary/aromatic N) is 3. The highest BCUT2D eigenvalue weighted by Crippen LogP contribution is 2.45. The number of aliphatic hydroxyl groups is 1. The third-order valence-corrected chi connectivity index (χ3v) is 4.66. The van der Waals surface area contributed by atoms with Crippen LogP contribution in [0.15, 0.2) is 18.5 Å². The molecule has 1 saturated heterocycles. The maximum Gasteiger partial charge on any atom is 0.420 e.